The zero-order chi connectivity index (χ0) is 9.30. The van der Waals surface area contributed by atoms with Crippen LogP contribution in [0.5, 0.6) is 0 Å². The third-order valence-electron chi connectivity index (χ3n) is 1.70. The summed E-state index contributed by atoms with van der Waals surface area (Å²) in [5.41, 5.74) is 0. The molecule has 0 radical (unpaired) electrons. The Morgan fingerprint density at radius 2 is 2.08 bits per heavy atom. The van der Waals surface area contributed by atoms with Gasteiger partial charge in [-0.3, -0.25) is 4.90 Å². The highest BCUT2D eigenvalue weighted by Gasteiger charge is 2.38. The maximum Gasteiger partial charge on any atom is 0.408 e. The Labute approximate surface area is 73.6 Å². The number of carboxylic acid groups (broad SMARTS) is 2. The summed E-state index contributed by atoms with van der Waals surface area (Å²) in [5.74, 6) is -1.19. The maximum absolute atomic E-state index is 10.5. The van der Waals surface area contributed by atoms with E-state index in [2.05, 4.69) is 0 Å². The average Bonchev–Trinajstić information content (AvgIpc) is 2.30. The van der Waals surface area contributed by atoms with Crippen LogP contribution >= 0.6 is 12.2 Å². The van der Waals surface area contributed by atoms with Gasteiger partial charge >= 0.3 is 12.1 Å². The van der Waals surface area contributed by atoms with Crippen molar-refractivity contribution < 1.29 is 19.8 Å². The van der Waals surface area contributed by atoms with E-state index < -0.39 is 18.1 Å². The predicted octanol–water partition coefficient (Wildman–Crippen LogP) is 0.193. The second-order valence-electron chi connectivity index (χ2n) is 2.43. The first-order valence-electron chi connectivity index (χ1n) is 3.29. The zero-order valence-corrected chi connectivity index (χ0v) is 6.87. The van der Waals surface area contributed by atoms with Crippen LogP contribution in [0.15, 0.2) is 0 Å². The lowest BCUT2D eigenvalue weighted by molar-refractivity contribution is -0.139. The van der Waals surface area contributed by atoms with Gasteiger partial charge in [0.05, 0.1) is 0 Å². The standard InChI is InChI=1S/C6H7NO4S/c8-5(9)4-3(12)1-2-7(4)6(10)11/h4H,1-2H2,(H,8,9)(H,10,11). The second-order valence-corrected chi connectivity index (χ2v) is 2.96. The van der Waals surface area contributed by atoms with Gasteiger partial charge in [-0.15, -0.1) is 0 Å². The Morgan fingerprint density at radius 1 is 1.50 bits per heavy atom. The lowest BCUT2D eigenvalue weighted by atomic mass is 10.2. The molecule has 66 valence electrons. The maximum atomic E-state index is 10.5. The summed E-state index contributed by atoms with van der Waals surface area (Å²) >= 11 is 4.73. The minimum atomic E-state index is -1.23. The molecule has 0 aliphatic carbocycles. The lowest BCUT2D eigenvalue weighted by Crippen LogP contribution is -2.42. The van der Waals surface area contributed by atoms with Crippen molar-refractivity contribution >= 4 is 29.1 Å². The Hall–Kier alpha value is -1.17. The van der Waals surface area contributed by atoms with Crippen LogP contribution in [0.25, 0.3) is 0 Å². The monoisotopic (exact) mass is 189 g/mol. The number of aliphatic carboxylic acids is 1. The molecule has 1 heterocycles. The van der Waals surface area contributed by atoms with E-state index in [1.165, 1.54) is 0 Å². The van der Waals surface area contributed by atoms with Gasteiger partial charge in [-0.1, -0.05) is 12.2 Å². The fourth-order valence-electron chi connectivity index (χ4n) is 1.15. The molecule has 0 aromatic rings. The van der Waals surface area contributed by atoms with E-state index in [0.717, 1.165) is 4.90 Å². The molecule has 1 saturated heterocycles. The van der Waals surface area contributed by atoms with Crippen LogP contribution in [0.4, 0.5) is 4.79 Å². The van der Waals surface area contributed by atoms with Gasteiger partial charge in [0.15, 0.2) is 6.04 Å². The highest BCUT2D eigenvalue weighted by atomic mass is 32.1. The first kappa shape index (κ1) is 8.92. The number of likely N-dealkylation sites (tertiary alicyclic amines) is 1. The van der Waals surface area contributed by atoms with Crippen LogP contribution in [-0.2, 0) is 4.79 Å². The molecule has 1 amide bonds. The molecule has 1 fully saturated rings. The Balaban J connectivity index is 2.84. The van der Waals surface area contributed by atoms with Gasteiger partial charge in [0.25, 0.3) is 0 Å². The van der Waals surface area contributed by atoms with E-state index in [0.29, 0.717) is 6.42 Å². The highest BCUT2D eigenvalue weighted by Crippen LogP contribution is 2.15. The van der Waals surface area contributed by atoms with E-state index in [1.54, 1.807) is 0 Å². The highest BCUT2D eigenvalue weighted by molar-refractivity contribution is 7.80. The smallest absolute Gasteiger partial charge is 0.408 e. The van der Waals surface area contributed by atoms with Gasteiger partial charge in [0.1, 0.15) is 0 Å². The third-order valence-corrected chi connectivity index (χ3v) is 2.12. The van der Waals surface area contributed by atoms with Crippen molar-refractivity contribution in [2.75, 3.05) is 6.54 Å². The number of carboxylic acids is 1. The number of nitrogens with zero attached hydrogens (tertiary/aromatic N) is 1. The third kappa shape index (κ3) is 1.38. The summed E-state index contributed by atoms with van der Waals surface area (Å²) in [7, 11) is 0. The molecule has 5 nitrogen and oxygen atoms in total. The second kappa shape index (κ2) is 3.06. The number of amides is 1. The number of hydrogen-bond acceptors (Lipinski definition) is 3. The minimum Gasteiger partial charge on any atom is -0.479 e. The molecule has 1 unspecified atom stereocenters. The summed E-state index contributed by atoms with van der Waals surface area (Å²) in [6.07, 6.45) is -0.874. The average molecular weight is 189 g/mol. The van der Waals surface area contributed by atoms with Crippen LogP contribution in [-0.4, -0.2) is 44.6 Å². The van der Waals surface area contributed by atoms with Crippen LogP contribution in [0.2, 0.25) is 0 Å². The molecule has 12 heavy (non-hydrogen) atoms. The van der Waals surface area contributed by atoms with Crippen molar-refractivity contribution in [2.45, 2.75) is 12.5 Å². The van der Waals surface area contributed by atoms with Crippen LogP contribution in [0.3, 0.4) is 0 Å². The number of carbonyl (C=O) groups is 2. The van der Waals surface area contributed by atoms with Gasteiger partial charge in [-0.05, 0) is 6.42 Å². The van der Waals surface area contributed by atoms with E-state index in [-0.39, 0.29) is 11.4 Å². The predicted molar refractivity (Wildman–Crippen MR) is 43.4 cm³/mol. The first-order valence-corrected chi connectivity index (χ1v) is 3.70. The molecule has 0 aromatic heterocycles. The summed E-state index contributed by atoms with van der Waals surface area (Å²) in [5, 5.41) is 17.2. The minimum absolute atomic E-state index is 0.186. The van der Waals surface area contributed by atoms with Crippen molar-refractivity contribution in [1.82, 2.24) is 4.90 Å². The number of thiocarbonyl (C=S) groups is 1. The van der Waals surface area contributed by atoms with Crippen LogP contribution < -0.4 is 0 Å². The van der Waals surface area contributed by atoms with Crippen molar-refractivity contribution in [2.24, 2.45) is 0 Å². The molecule has 1 atom stereocenters. The van der Waals surface area contributed by atoms with Crippen LogP contribution in [0, 0.1) is 0 Å². The quantitative estimate of drug-likeness (QED) is 0.576. The molecular formula is C6H7NO4S. The van der Waals surface area contributed by atoms with Crippen molar-refractivity contribution in [3.05, 3.63) is 0 Å². The Bertz CT molecular complexity index is 252. The summed E-state index contributed by atoms with van der Waals surface area (Å²) in [6.45, 7) is 0.186. The Kier molecular flexibility index (Phi) is 2.27. The lowest BCUT2D eigenvalue weighted by Gasteiger charge is -2.16. The summed E-state index contributed by atoms with van der Waals surface area (Å²) in [4.78, 5) is 22.1. The van der Waals surface area contributed by atoms with Gasteiger partial charge < -0.3 is 10.2 Å². The molecule has 0 saturated carbocycles. The van der Waals surface area contributed by atoms with Gasteiger partial charge in [-0.25, -0.2) is 9.59 Å². The molecular weight excluding hydrogens is 182 g/mol. The van der Waals surface area contributed by atoms with Gasteiger partial charge in [0.2, 0.25) is 0 Å². The largest absolute Gasteiger partial charge is 0.479 e. The summed E-state index contributed by atoms with van der Waals surface area (Å²) in [6, 6.07) is -1.13. The summed E-state index contributed by atoms with van der Waals surface area (Å²) < 4.78 is 0. The molecule has 0 aromatic carbocycles. The van der Waals surface area contributed by atoms with Crippen molar-refractivity contribution in [3.8, 4) is 0 Å². The van der Waals surface area contributed by atoms with Crippen molar-refractivity contribution in [1.29, 1.82) is 0 Å². The molecule has 1 rings (SSSR count). The van der Waals surface area contributed by atoms with Crippen molar-refractivity contribution in [3.63, 3.8) is 0 Å². The van der Waals surface area contributed by atoms with Gasteiger partial charge in [-0.2, -0.15) is 0 Å². The SMILES string of the molecule is O=C(O)C1C(=S)CCN1C(=O)O. The molecule has 2 N–H and O–H groups in total. The van der Waals surface area contributed by atoms with Crippen LogP contribution in [0.1, 0.15) is 6.42 Å². The first-order chi connectivity index (χ1) is 5.54. The van der Waals surface area contributed by atoms with E-state index in [4.69, 9.17) is 22.4 Å². The topological polar surface area (TPSA) is 77.8 Å². The van der Waals surface area contributed by atoms with E-state index in [9.17, 15) is 9.59 Å². The molecule has 1 aliphatic heterocycles. The fraction of sp³-hybridized carbons (Fsp3) is 0.500. The molecule has 0 spiro atoms. The normalized spacial score (nSPS) is 22.8. The molecule has 1 aliphatic rings. The molecule has 6 heteroatoms. The number of rotatable bonds is 1. The number of hydrogen-bond donors (Lipinski definition) is 2. The molecule has 0 bridgehead atoms. The van der Waals surface area contributed by atoms with E-state index in [1.807, 2.05) is 0 Å². The van der Waals surface area contributed by atoms with E-state index >= 15 is 0 Å². The zero-order valence-electron chi connectivity index (χ0n) is 6.06. The fourth-order valence-corrected chi connectivity index (χ4v) is 1.47. The Morgan fingerprint density at radius 3 is 2.42 bits per heavy atom. The van der Waals surface area contributed by atoms with Gasteiger partial charge in [0, 0.05) is 11.4 Å².